The maximum atomic E-state index is 12.8. The van der Waals surface area contributed by atoms with Gasteiger partial charge in [0, 0.05) is 17.5 Å². The highest BCUT2D eigenvalue weighted by Crippen LogP contribution is 2.27. The fourth-order valence-corrected chi connectivity index (χ4v) is 3.66. The minimum absolute atomic E-state index is 0.137. The van der Waals surface area contributed by atoms with Crippen LogP contribution in [-0.4, -0.2) is 59.3 Å². The van der Waals surface area contributed by atoms with Crippen LogP contribution in [0, 0.1) is 0 Å². The summed E-state index contributed by atoms with van der Waals surface area (Å²) in [6.45, 7) is 3.73. The topological polar surface area (TPSA) is 89.0 Å². The third kappa shape index (κ3) is 4.84. The smallest absolute Gasteiger partial charge is 0.305 e. The molecular formula is C19H22N2O5S. The number of ether oxygens (including phenoxy) is 2. The maximum absolute atomic E-state index is 12.8. The molecule has 2 aromatic rings. The van der Waals surface area contributed by atoms with Gasteiger partial charge in [0.25, 0.3) is 5.91 Å². The third-order valence-corrected chi connectivity index (χ3v) is 5.09. The fourth-order valence-electron chi connectivity index (χ4n) is 2.86. The number of morpholine rings is 1. The number of aromatic nitrogens is 1. The van der Waals surface area contributed by atoms with Crippen LogP contribution >= 0.6 is 11.3 Å². The molecule has 1 fully saturated rings. The van der Waals surface area contributed by atoms with Crippen LogP contribution in [0.5, 0.6) is 5.75 Å². The van der Waals surface area contributed by atoms with E-state index in [4.69, 9.17) is 14.6 Å². The summed E-state index contributed by atoms with van der Waals surface area (Å²) in [5.74, 6) is -0.402. The first kappa shape index (κ1) is 19.3. The average molecular weight is 390 g/mol. The fraction of sp³-hybridized carbons (Fsp3) is 0.421. The number of nitrogens with zero attached hydrogens (tertiary/aromatic N) is 2. The molecule has 0 bridgehead atoms. The van der Waals surface area contributed by atoms with Gasteiger partial charge in [-0.05, 0) is 30.7 Å². The molecule has 8 heteroatoms. The van der Waals surface area contributed by atoms with Gasteiger partial charge in [-0.25, -0.2) is 4.98 Å². The molecule has 144 valence electrons. The van der Waals surface area contributed by atoms with Crippen molar-refractivity contribution in [2.45, 2.75) is 25.8 Å². The van der Waals surface area contributed by atoms with Gasteiger partial charge >= 0.3 is 5.97 Å². The molecule has 1 atom stereocenters. The second kappa shape index (κ2) is 8.96. The zero-order chi connectivity index (χ0) is 19.2. The summed E-state index contributed by atoms with van der Waals surface area (Å²) in [4.78, 5) is 29.9. The summed E-state index contributed by atoms with van der Waals surface area (Å²) >= 11 is 1.39. The van der Waals surface area contributed by atoms with E-state index in [1.165, 1.54) is 11.3 Å². The molecule has 3 rings (SSSR count). The van der Waals surface area contributed by atoms with Crippen LogP contribution in [0.4, 0.5) is 0 Å². The van der Waals surface area contributed by atoms with E-state index in [-0.39, 0.29) is 18.9 Å². The van der Waals surface area contributed by atoms with Crippen molar-refractivity contribution >= 4 is 23.2 Å². The molecule has 1 aromatic carbocycles. The SMILES string of the molecule is CCCOc1ccc(-c2nc(C(=O)N3CCOCC3CC(=O)O)cs2)cc1. The quantitative estimate of drug-likeness (QED) is 0.782. The van der Waals surface area contributed by atoms with Gasteiger partial charge in [0.05, 0.1) is 32.3 Å². The van der Waals surface area contributed by atoms with Crippen molar-refractivity contribution in [2.24, 2.45) is 0 Å². The van der Waals surface area contributed by atoms with Crippen molar-refractivity contribution < 1.29 is 24.2 Å². The number of hydrogen-bond acceptors (Lipinski definition) is 6. The van der Waals surface area contributed by atoms with E-state index in [1.54, 1.807) is 10.3 Å². The standard InChI is InChI=1S/C19H22N2O5S/c1-2-8-26-15-5-3-13(4-6-15)18-20-16(12-27-18)19(24)21-7-9-25-11-14(21)10-17(22)23/h3-6,12,14H,2,7-11H2,1H3,(H,22,23). The van der Waals surface area contributed by atoms with Gasteiger partial charge in [-0.2, -0.15) is 0 Å². The Labute approximate surface area is 161 Å². The summed E-state index contributed by atoms with van der Waals surface area (Å²) < 4.78 is 10.9. The third-order valence-electron chi connectivity index (χ3n) is 4.20. The maximum Gasteiger partial charge on any atom is 0.305 e. The van der Waals surface area contributed by atoms with Crippen LogP contribution in [0.15, 0.2) is 29.6 Å². The first-order valence-corrected chi connectivity index (χ1v) is 9.75. The Morgan fingerprint density at radius 3 is 2.85 bits per heavy atom. The van der Waals surface area contributed by atoms with E-state index in [9.17, 15) is 9.59 Å². The van der Waals surface area contributed by atoms with Crippen molar-refractivity contribution in [2.75, 3.05) is 26.4 Å². The molecule has 1 aromatic heterocycles. The molecule has 0 saturated carbocycles. The van der Waals surface area contributed by atoms with Gasteiger partial charge in [0.2, 0.25) is 0 Å². The van der Waals surface area contributed by atoms with Crippen molar-refractivity contribution in [3.63, 3.8) is 0 Å². The Hall–Kier alpha value is -2.45. The van der Waals surface area contributed by atoms with Crippen molar-refractivity contribution in [1.82, 2.24) is 9.88 Å². The molecule has 2 heterocycles. The monoisotopic (exact) mass is 390 g/mol. The van der Waals surface area contributed by atoms with Crippen LogP contribution in [0.25, 0.3) is 10.6 Å². The molecule has 1 saturated heterocycles. The summed E-state index contributed by atoms with van der Waals surface area (Å²) in [5, 5.41) is 11.5. The predicted octanol–water partition coefficient (Wildman–Crippen LogP) is 2.91. The average Bonchev–Trinajstić information content (AvgIpc) is 3.16. The van der Waals surface area contributed by atoms with E-state index in [0.29, 0.717) is 25.5 Å². The highest BCUT2D eigenvalue weighted by Gasteiger charge is 2.31. The number of benzene rings is 1. The Balaban J connectivity index is 1.72. The molecule has 1 amide bonds. The molecule has 1 N–H and O–H groups in total. The number of hydrogen-bond donors (Lipinski definition) is 1. The molecule has 1 aliphatic heterocycles. The van der Waals surface area contributed by atoms with Gasteiger partial charge in [0.1, 0.15) is 16.5 Å². The van der Waals surface area contributed by atoms with Crippen molar-refractivity contribution in [3.05, 3.63) is 35.3 Å². The Kier molecular flexibility index (Phi) is 6.41. The lowest BCUT2D eigenvalue weighted by Crippen LogP contribution is -2.49. The number of aliphatic carboxylic acids is 1. The van der Waals surface area contributed by atoms with Crippen LogP contribution < -0.4 is 4.74 Å². The van der Waals surface area contributed by atoms with Crippen LogP contribution in [0.3, 0.4) is 0 Å². The Bertz CT molecular complexity index is 790. The number of amides is 1. The van der Waals surface area contributed by atoms with Crippen LogP contribution in [0.2, 0.25) is 0 Å². The van der Waals surface area contributed by atoms with Crippen LogP contribution in [-0.2, 0) is 9.53 Å². The molecule has 0 radical (unpaired) electrons. The van der Waals surface area contributed by atoms with E-state index in [0.717, 1.165) is 22.7 Å². The number of carboxylic acids is 1. The highest BCUT2D eigenvalue weighted by atomic mass is 32.1. The van der Waals surface area contributed by atoms with Gasteiger partial charge in [-0.3, -0.25) is 9.59 Å². The molecule has 7 nitrogen and oxygen atoms in total. The number of rotatable bonds is 7. The van der Waals surface area contributed by atoms with E-state index < -0.39 is 12.0 Å². The summed E-state index contributed by atoms with van der Waals surface area (Å²) in [6.07, 6.45) is 0.812. The van der Waals surface area contributed by atoms with Gasteiger partial charge < -0.3 is 19.5 Å². The molecule has 0 spiro atoms. The van der Waals surface area contributed by atoms with Gasteiger partial charge in [-0.1, -0.05) is 6.92 Å². The predicted molar refractivity (Wildman–Crippen MR) is 101 cm³/mol. The number of carboxylic acid groups (broad SMARTS) is 1. The lowest BCUT2D eigenvalue weighted by atomic mass is 10.1. The van der Waals surface area contributed by atoms with Gasteiger partial charge in [0.15, 0.2) is 0 Å². The van der Waals surface area contributed by atoms with E-state index in [2.05, 4.69) is 11.9 Å². The summed E-state index contributed by atoms with van der Waals surface area (Å²) in [5.41, 5.74) is 1.24. The van der Waals surface area contributed by atoms with E-state index >= 15 is 0 Å². The lowest BCUT2D eigenvalue weighted by molar-refractivity contribution is -0.139. The first-order valence-electron chi connectivity index (χ1n) is 8.87. The minimum Gasteiger partial charge on any atom is -0.494 e. The second-order valence-electron chi connectivity index (χ2n) is 6.24. The largest absolute Gasteiger partial charge is 0.494 e. The number of carbonyl (C=O) groups is 2. The highest BCUT2D eigenvalue weighted by molar-refractivity contribution is 7.13. The van der Waals surface area contributed by atoms with Crippen molar-refractivity contribution in [1.29, 1.82) is 0 Å². The zero-order valence-corrected chi connectivity index (χ0v) is 15.9. The first-order chi connectivity index (χ1) is 13.1. The lowest BCUT2D eigenvalue weighted by Gasteiger charge is -2.34. The molecule has 1 aliphatic rings. The van der Waals surface area contributed by atoms with Gasteiger partial charge in [-0.15, -0.1) is 11.3 Å². The Morgan fingerprint density at radius 1 is 1.37 bits per heavy atom. The Morgan fingerprint density at radius 2 is 2.15 bits per heavy atom. The van der Waals surface area contributed by atoms with E-state index in [1.807, 2.05) is 24.3 Å². The summed E-state index contributed by atoms with van der Waals surface area (Å²) in [6, 6.07) is 7.14. The van der Waals surface area contributed by atoms with Crippen LogP contribution in [0.1, 0.15) is 30.3 Å². The minimum atomic E-state index is -0.951. The molecular weight excluding hydrogens is 368 g/mol. The molecule has 27 heavy (non-hydrogen) atoms. The zero-order valence-electron chi connectivity index (χ0n) is 15.1. The normalized spacial score (nSPS) is 16.9. The number of thiazole rings is 1. The summed E-state index contributed by atoms with van der Waals surface area (Å²) in [7, 11) is 0. The van der Waals surface area contributed by atoms with Crippen molar-refractivity contribution in [3.8, 4) is 16.3 Å². The number of carbonyl (C=O) groups excluding carboxylic acids is 1. The second-order valence-corrected chi connectivity index (χ2v) is 7.09. The molecule has 0 aliphatic carbocycles. The molecule has 1 unspecified atom stereocenters.